The molecule has 0 unspecified atom stereocenters. The lowest BCUT2D eigenvalue weighted by atomic mass is 10.0. The van der Waals surface area contributed by atoms with Gasteiger partial charge < -0.3 is 4.74 Å². The van der Waals surface area contributed by atoms with Crippen LogP contribution in [-0.4, -0.2) is 5.97 Å². The fourth-order valence-electron chi connectivity index (χ4n) is 1.54. The number of para-hydroxylation sites is 1. The first kappa shape index (κ1) is 10.2. The van der Waals surface area contributed by atoms with Gasteiger partial charge in [0, 0.05) is 6.42 Å². The number of esters is 1. The maximum Gasteiger partial charge on any atom is 0.311 e. The second-order valence-electron chi connectivity index (χ2n) is 4.60. The van der Waals surface area contributed by atoms with E-state index in [0.717, 1.165) is 6.42 Å². The zero-order chi connectivity index (χ0) is 10.7. The largest absolute Gasteiger partial charge is 0.427 e. The van der Waals surface area contributed by atoms with Gasteiger partial charge in [0.05, 0.1) is 0 Å². The second-order valence-corrected chi connectivity index (χ2v) is 4.60. The molecule has 1 aromatic rings. The van der Waals surface area contributed by atoms with Crippen LogP contribution in [0.15, 0.2) is 30.3 Å². The van der Waals surface area contributed by atoms with Gasteiger partial charge in [-0.05, 0) is 36.8 Å². The summed E-state index contributed by atoms with van der Waals surface area (Å²) in [4.78, 5) is 11.5. The summed E-state index contributed by atoms with van der Waals surface area (Å²) in [6.07, 6.45) is 4.00. The van der Waals surface area contributed by atoms with Crippen LogP contribution in [0.5, 0.6) is 5.75 Å². The van der Waals surface area contributed by atoms with Gasteiger partial charge in [-0.3, -0.25) is 4.79 Å². The highest BCUT2D eigenvalue weighted by Gasteiger charge is 2.37. The van der Waals surface area contributed by atoms with Crippen molar-refractivity contribution in [2.45, 2.75) is 32.6 Å². The molecule has 1 aliphatic carbocycles. The van der Waals surface area contributed by atoms with E-state index in [9.17, 15) is 4.79 Å². The Balaban J connectivity index is 1.77. The highest BCUT2D eigenvalue weighted by Crippen LogP contribution is 2.48. The van der Waals surface area contributed by atoms with E-state index in [-0.39, 0.29) is 5.97 Å². The molecule has 15 heavy (non-hydrogen) atoms. The molecule has 1 saturated carbocycles. The molecule has 1 fully saturated rings. The summed E-state index contributed by atoms with van der Waals surface area (Å²) in [6.45, 7) is 2.22. The third kappa shape index (κ3) is 3.08. The van der Waals surface area contributed by atoms with Crippen LogP contribution in [0.2, 0.25) is 0 Å². The summed E-state index contributed by atoms with van der Waals surface area (Å²) >= 11 is 0. The maximum atomic E-state index is 11.5. The first-order chi connectivity index (χ1) is 7.18. The third-order valence-electron chi connectivity index (χ3n) is 3.01. The van der Waals surface area contributed by atoms with Crippen LogP contribution in [0, 0.1) is 5.41 Å². The zero-order valence-corrected chi connectivity index (χ0v) is 9.03. The Morgan fingerprint density at radius 1 is 1.33 bits per heavy atom. The lowest BCUT2D eigenvalue weighted by Gasteiger charge is -2.07. The van der Waals surface area contributed by atoms with Gasteiger partial charge in [-0.15, -0.1) is 0 Å². The topological polar surface area (TPSA) is 26.3 Å². The SMILES string of the molecule is CC1(CCC(=O)Oc2ccccc2)CC1. The molecule has 0 amide bonds. The standard InChI is InChI=1S/C13H16O2/c1-13(9-10-13)8-7-12(14)15-11-5-3-2-4-6-11/h2-6H,7-10H2,1H3. The van der Waals surface area contributed by atoms with Gasteiger partial charge in [0.2, 0.25) is 0 Å². The van der Waals surface area contributed by atoms with E-state index in [2.05, 4.69) is 6.92 Å². The summed E-state index contributed by atoms with van der Waals surface area (Å²) in [5, 5.41) is 0. The Hall–Kier alpha value is -1.31. The minimum atomic E-state index is -0.116. The zero-order valence-electron chi connectivity index (χ0n) is 9.03. The van der Waals surface area contributed by atoms with Crippen molar-refractivity contribution in [1.82, 2.24) is 0 Å². The molecule has 0 heterocycles. The van der Waals surface area contributed by atoms with Crippen molar-refractivity contribution in [3.05, 3.63) is 30.3 Å². The predicted octanol–water partition coefficient (Wildman–Crippen LogP) is 3.17. The van der Waals surface area contributed by atoms with Crippen molar-refractivity contribution in [3.63, 3.8) is 0 Å². The molecular formula is C13H16O2. The number of hydrogen-bond acceptors (Lipinski definition) is 2. The summed E-state index contributed by atoms with van der Waals surface area (Å²) in [6, 6.07) is 9.24. The first-order valence-electron chi connectivity index (χ1n) is 5.44. The molecule has 80 valence electrons. The summed E-state index contributed by atoms with van der Waals surface area (Å²) in [5.74, 6) is 0.526. The monoisotopic (exact) mass is 204 g/mol. The fraction of sp³-hybridized carbons (Fsp3) is 0.462. The van der Waals surface area contributed by atoms with Crippen LogP contribution in [-0.2, 0) is 4.79 Å². The van der Waals surface area contributed by atoms with Crippen molar-refractivity contribution in [2.75, 3.05) is 0 Å². The Bertz CT molecular complexity index is 339. The van der Waals surface area contributed by atoms with E-state index < -0.39 is 0 Å². The lowest BCUT2D eigenvalue weighted by Crippen LogP contribution is -2.09. The van der Waals surface area contributed by atoms with Crippen molar-refractivity contribution < 1.29 is 9.53 Å². The van der Waals surface area contributed by atoms with Crippen LogP contribution in [0.25, 0.3) is 0 Å². The summed E-state index contributed by atoms with van der Waals surface area (Å²) < 4.78 is 5.20. The number of carbonyl (C=O) groups excluding carboxylic acids is 1. The molecule has 0 spiro atoms. The van der Waals surface area contributed by atoms with E-state index in [4.69, 9.17) is 4.74 Å². The Morgan fingerprint density at radius 3 is 2.60 bits per heavy atom. The van der Waals surface area contributed by atoms with Gasteiger partial charge in [0.15, 0.2) is 0 Å². The van der Waals surface area contributed by atoms with Gasteiger partial charge in [-0.2, -0.15) is 0 Å². The van der Waals surface area contributed by atoms with Crippen LogP contribution >= 0.6 is 0 Å². The van der Waals surface area contributed by atoms with E-state index in [1.54, 1.807) is 12.1 Å². The van der Waals surface area contributed by atoms with E-state index in [1.807, 2.05) is 18.2 Å². The molecule has 0 aliphatic heterocycles. The predicted molar refractivity (Wildman–Crippen MR) is 58.7 cm³/mol. The average molecular weight is 204 g/mol. The third-order valence-corrected chi connectivity index (χ3v) is 3.01. The number of rotatable bonds is 4. The molecule has 0 atom stereocenters. The number of benzene rings is 1. The molecule has 2 nitrogen and oxygen atoms in total. The quantitative estimate of drug-likeness (QED) is 0.556. The molecule has 2 heteroatoms. The smallest absolute Gasteiger partial charge is 0.311 e. The van der Waals surface area contributed by atoms with Crippen LogP contribution in [0.3, 0.4) is 0 Å². The van der Waals surface area contributed by atoms with Crippen LogP contribution in [0.1, 0.15) is 32.6 Å². The van der Waals surface area contributed by atoms with Gasteiger partial charge >= 0.3 is 5.97 Å². The minimum absolute atomic E-state index is 0.116. The molecule has 1 aliphatic rings. The Labute approximate surface area is 90.3 Å². The molecule has 1 aromatic carbocycles. The van der Waals surface area contributed by atoms with Crippen molar-refractivity contribution in [1.29, 1.82) is 0 Å². The molecule has 0 N–H and O–H groups in total. The first-order valence-corrected chi connectivity index (χ1v) is 5.44. The molecule has 0 radical (unpaired) electrons. The van der Waals surface area contributed by atoms with Crippen LogP contribution in [0.4, 0.5) is 0 Å². The molecule has 2 rings (SSSR count). The summed E-state index contributed by atoms with van der Waals surface area (Å²) in [7, 11) is 0. The van der Waals surface area contributed by atoms with Gasteiger partial charge in [-0.25, -0.2) is 0 Å². The summed E-state index contributed by atoms with van der Waals surface area (Å²) in [5.41, 5.74) is 0.426. The molecule has 0 aromatic heterocycles. The van der Waals surface area contributed by atoms with Crippen LogP contribution < -0.4 is 4.74 Å². The highest BCUT2D eigenvalue weighted by atomic mass is 16.5. The van der Waals surface area contributed by atoms with Gasteiger partial charge in [-0.1, -0.05) is 25.1 Å². The lowest BCUT2D eigenvalue weighted by molar-refractivity contribution is -0.134. The average Bonchev–Trinajstić information content (AvgIpc) is 2.96. The fourth-order valence-corrected chi connectivity index (χ4v) is 1.54. The molecular weight excluding hydrogens is 188 g/mol. The normalized spacial score (nSPS) is 17.1. The van der Waals surface area contributed by atoms with Gasteiger partial charge in [0.1, 0.15) is 5.75 Å². The number of hydrogen-bond donors (Lipinski definition) is 0. The number of ether oxygens (including phenoxy) is 1. The minimum Gasteiger partial charge on any atom is -0.427 e. The number of carbonyl (C=O) groups is 1. The Morgan fingerprint density at radius 2 is 2.00 bits per heavy atom. The highest BCUT2D eigenvalue weighted by molar-refractivity contribution is 5.72. The van der Waals surface area contributed by atoms with Crippen molar-refractivity contribution in [2.24, 2.45) is 5.41 Å². The van der Waals surface area contributed by atoms with E-state index in [1.165, 1.54) is 12.8 Å². The molecule has 0 saturated heterocycles. The van der Waals surface area contributed by atoms with Crippen molar-refractivity contribution >= 4 is 5.97 Å². The molecule has 0 bridgehead atoms. The van der Waals surface area contributed by atoms with Gasteiger partial charge in [0.25, 0.3) is 0 Å². The van der Waals surface area contributed by atoms with Crippen molar-refractivity contribution in [3.8, 4) is 5.75 Å². The van der Waals surface area contributed by atoms with E-state index in [0.29, 0.717) is 17.6 Å². The Kier molecular flexibility index (Phi) is 2.76. The second kappa shape index (κ2) is 4.05. The maximum absolute atomic E-state index is 11.5. The van der Waals surface area contributed by atoms with E-state index >= 15 is 0 Å².